The van der Waals surface area contributed by atoms with E-state index < -0.39 is 0 Å². The Morgan fingerprint density at radius 1 is 1.05 bits per heavy atom. The highest BCUT2D eigenvalue weighted by Crippen LogP contribution is 2.36. The molecule has 0 bridgehead atoms. The molecule has 1 saturated heterocycles. The molecule has 7 heteroatoms. The second-order valence-electron chi connectivity index (χ2n) is 6.31. The zero-order chi connectivity index (χ0) is 15.3. The predicted molar refractivity (Wildman–Crippen MR) is 80.0 cm³/mol. The summed E-state index contributed by atoms with van der Waals surface area (Å²) in [5.74, 6) is 0. The summed E-state index contributed by atoms with van der Waals surface area (Å²) < 4.78 is 13.7. The van der Waals surface area contributed by atoms with Crippen molar-refractivity contribution in [2.75, 3.05) is 0 Å². The molecule has 0 saturated carbocycles. The Labute approximate surface area is 124 Å². The Bertz CT molecular complexity index is 635. The zero-order valence-electron chi connectivity index (χ0n) is 13.0. The van der Waals surface area contributed by atoms with Crippen LogP contribution in [0.4, 0.5) is 0 Å². The first-order valence-electron chi connectivity index (χ1n) is 6.97. The predicted octanol–water partition coefficient (Wildman–Crippen LogP) is 1.18. The third kappa shape index (κ3) is 2.36. The topological polar surface area (TPSA) is 62.1 Å². The summed E-state index contributed by atoms with van der Waals surface area (Å²) in [6, 6.07) is 3.90. The van der Waals surface area contributed by atoms with Crippen LogP contribution in [0.25, 0.3) is 11.4 Å². The molecular weight excluding hydrogens is 267 g/mol. The van der Waals surface area contributed by atoms with Crippen LogP contribution in [0.2, 0.25) is 0 Å². The van der Waals surface area contributed by atoms with Gasteiger partial charge in [-0.1, -0.05) is 11.3 Å². The second-order valence-corrected chi connectivity index (χ2v) is 6.31. The van der Waals surface area contributed by atoms with Crippen molar-refractivity contribution in [3.05, 3.63) is 24.5 Å². The summed E-state index contributed by atoms with van der Waals surface area (Å²) in [5, 5.41) is 7.77. The fourth-order valence-corrected chi connectivity index (χ4v) is 2.20. The molecule has 2 aromatic rings. The molecule has 1 fully saturated rings. The third-order valence-corrected chi connectivity index (χ3v) is 4.29. The van der Waals surface area contributed by atoms with Crippen molar-refractivity contribution < 1.29 is 9.31 Å². The average Bonchev–Trinajstić information content (AvgIpc) is 2.92. The maximum Gasteiger partial charge on any atom is 0.496 e. The lowest BCUT2D eigenvalue weighted by Crippen LogP contribution is -2.41. The first-order chi connectivity index (χ1) is 9.80. The van der Waals surface area contributed by atoms with E-state index in [9.17, 15) is 0 Å². The molecule has 0 atom stereocenters. The Kier molecular flexibility index (Phi) is 3.14. The molecule has 0 amide bonds. The van der Waals surface area contributed by atoms with Gasteiger partial charge < -0.3 is 9.31 Å². The minimum absolute atomic E-state index is 0.345. The monoisotopic (exact) mass is 286 g/mol. The van der Waals surface area contributed by atoms with Crippen molar-refractivity contribution in [1.29, 1.82) is 0 Å². The van der Waals surface area contributed by atoms with Crippen molar-refractivity contribution in [2.24, 2.45) is 7.05 Å². The van der Waals surface area contributed by atoms with Crippen LogP contribution in [0.1, 0.15) is 27.7 Å². The van der Waals surface area contributed by atoms with E-state index in [1.807, 2.05) is 46.9 Å². The number of pyridine rings is 1. The molecule has 21 heavy (non-hydrogen) atoms. The molecule has 3 heterocycles. The van der Waals surface area contributed by atoms with E-state index in [0.717, 1.165) is 16.9 Å². The molecule has 0 aromatic carbocycles. The molecule has 3 rings (SSSR count). The quantitative estimate of drug-likeness (QED) is 0.776. The molecule has 2 aromatic heterocycles. The zero-order valence-corrected chi connectivity index (χ0v) is 13.0. The van der Waals surface area contributed by atoms with E-state index in [0.29, 0.717) is 0 Å². The Balaban J connectivity index is 1.85. The molecule has 1 aliphatic heterocycles. The molecule has 0 radical (unpaired) electrons. The van der Waals surface area contributed by atoms with E-state index in [2.05, 4.69) is 15.3 Å². The maximum absolute atomic E-state index is 6.01. The molecule has 0 spiro atoms. The summed E-state index contributed by atoms with van der Waals surface area (Å²) >= 11 is 0. The Morgan fingerprint density at radius 2 is 1.71 bits per heavy atom. The largest absolute Gasteiger partial charge is 0.496 e. The van der Waals surface area contributed by atoms with Crippen LogP contribution in [-0.4, -0.2) is 38.3 Å². The van der Waals surface area contributed by atoms with Crippen LogP contribution in [0.15, 0.2) is 24.5 Å². The number of aromatic nitrogens is 4. The van der Waals surface area contributed by atoms with Crippen LogP contribution < -0.4 is 5.46 Å². The van der Waals surface area contributed by atoms with Gasteiger partial charge in [-0.05, 0) is 33.8 Å². The van der Waals surface area contributed by atoms with Crippen LogP contribution >= 0.6 is 0 Å². The van der Waals surface area contributed by atoms with Gasteiger partial charge in [0.05, 0.1) is 23.1 Å². The SMILES string of the molecule is Cn1nncc1-c1ccc(B2OC(C)(C)C(C)(C)O2)cn1. The molecule has 0 unspecified atom stereocenters. The fourth-order valence-electron chi connectivity index (χ4n) is 2.20. The molecular formula is C14H19BN4O2. The van der Waals surface area contributed by atoms with Gasteiger partial charge in [0.15, 0.2) is 0 Å². The van der Waals surface area contributed by atoms with E-state index >= 15 is 0 Å². The normalized spacial score (nSPS) is 20.0. The third-order valence-electron chi connectivity index (χ3n) is 4.29. The van der Waals surface area contributed by atoms with Gasteiger partial charge in [-0.2, -0.15) is 0 Å². The lowest BCUT2D eigenvalue weighted by atomic mass is 9.80. The van der Waals surface area contributed by atoms with E-state index in [1.165, 1.54) is 0 Å². The van der Waals surface area contributed by atoms with Gasteiger partial charge >= 0.3 is 7.12 Å². The van der Waals surface area contributed by atoms with E-state index in [4.69, 9.17) is 9.31 Å². The maximum atomic E-state index is 6.01. The summed E-state index contributed by atoms with van der Waals surface area (Å²) in [7, 11) is 1.45. The van der Waals surface area contributed by atoms with Gasteiger partial charge in [0.25, 0.3) is 0 Å². The van der Waals surface area contributed by atoms with Gasteiger partial charge in [0, 0.05) is 18.7 Å². The number of hydrogen-bond acceptors (Lipinski definition) is 5. The molecule has 0 N–H and O–H groups in total. The number of aryl methyl sites for hydroxylation is 1. The summed E-state index contributed by atoms with van der Waals surface area (Å²) in [6.45, 7) is 8.15. The van der Waals surface area contributed by atoms with Crippen molar-refractivity contribution in [2.45, 2.75) is 38.9 Å². The fraction of sp³-hybridized carbons (Fsp3) is 0.500. The molecule has 0 aliphatic carbocycles. The van der Waals surface area contributed by atoms with Crippen LogP contribution in [0.3, 0.4) is 0 Å². The first-order valence-corrected chi connectivity index (χ1v) is 6.97. The average molecular weight is 286 g/mol. The summed E-state index contributed by atoms with van der Waals surface area (Å²) in [4.78, 5) is 4.46. The molecule has 6 nitrogen and oxygen atoms in total. The highest BCUT2D eigenvalue weighted by Gasteiger charge is 2.51. The lowest BCUT2D eigenvalue weighted by Gasteiger charge is -2.32. The molecule has 110 valence electrons. The van der Waals surface area contributed by atoms with Gasteiger partial charge in [-0.25, -0.2) is 4.68 Å². The number of nitrogens with zero attached hydrogens (tertiary/aromatic N) is 4. The van der Waals surface area contributed by atoms with Crippen molar-refractivity contribution in [3.8, 4) is 11.4 Å². The second kappa shape index (κ2) is 4.64. The van der Waals surface area contributed by atoms with Crippen LogP contribution in [-0.2, 0) is 16.4 Å². The van der Waals surface area contributed by atoms with Gasteiger partial charge in [-0.15, -0.1) is 5.10 Å². The van der Waals surface area contributed by atoms with Gasteiger partial charge in [0.2, 0.25) is 0 Å². The minimum Gasteiger partial charge on any atom is -0.399 e. The van der Waals surface area contributed by atoms with Crippen molar-refractivity contribution in [1.82, 2.24) is 20.0 Å². The van der Waals surface area contributed by atoms with E-state index in [1.54, 1.807) is 17.1 Å². The van der Waals surface area contributed by atoms with E-state index in [-0.39, 0.29) is 18.3 Å². The summed E-state index contributed by atoms with van der Waals surface area (Å²) in [6.07, 6.45) is 3.47. The summed E-state index contributed by atoms with van der Waals surface area (Å²) in [5.41, 5.74) is 1.91. The smallest absolute Gasteiger partial charge is 0.399 e. The number of rotatable bonds is 2. The number of hydrogen-bond donors (Lipinski definition) is 0. The lowest BCUT2D eigenvalue weighted by molar-refractivity contribution is 0.00578. The van der Waals surface area contributed by atoms with Crippen molar-refractivity contribution in [3.63, 3.8) is 0 Å². The van der Waals surface area contributed by atoms with Crippen LogP contribution in [0.5, 0.6) is 0 Å². The highest BCUT2D eigenvalue weighted by molar-refractivity contribution is 6.62. The van der Waals surface area contributed by atoms with Gasteiger partial charge in [-0.3, -0.25) is 4.98 Å². The van der Waals surface area contributed by atoms with Gasteiger partial charge in [0.1, 0.15) is 5.69 Å². The Hall–Kier alpha value is -1.73. The standard InChI is InChI=1S/C14H19BN4O2/c1-13(2)14(3,4)21-15(20-13)10-6-7-11(16-8-10)12-9-17-18-19(12)5/h6-9H,1-5H3. The highest BCUT2D eigenvalue weighted by atomic mass is 16.7. The Morgan fingerprint density at radius 3 is 2.19 bits per heavy atom. The minimum atomic E-state index is -0.388. The first kappa shape index (κ1) is 14.2. The van der Waals surface area contributed by atoms with Crippen molar-refractivity contribution >= 4 is 12.6 Å². The van der Waals surface area contributed by atoms with Crippen LogP contribution in [0, 0.1) is 0 Å². The molecule has 1 aliphatic rings.